The van der Waals surface area contributed by atoms with Crippen LogP contribution in [0.25, 0.3) is 0 Å². The average Bonchev–Trinajstić information content (AvgIpc) is 3.14. The third kappa shape index (κ3) is 3.98. The van der Waals surface area contributed by atoms with Crippen molar-refractivity contribution >= 4 is 11.8 Å². The third-order valence-corrected chi connectivity index (χ3v) is 8.02. The summed E-state index contributed by atoms with van der Waals surface area (Å²) in [5.41, 5.74) is 1.43. The average molecular weight is 462 g/mol. The zero-order chi connectivity index (χ0) is 23.9. The van der Waals surface area contributed by atoms with Crippen LogP contribution in [0.2, 0.25) is 0 Å². The summed E-state index contributed by atoms with van der Waals surface area (Å²) in [7, 11) is 1.67. The number of nitrogens with one attached hydrogen (secondary N) is 2. The fourth-order valence-electron chi connectivity index (χ4n) is 6.65. The van der Waals surface area contributed by atoms with Gasteiger partial charge in [0.2, 0.25) is 11.8 Å². The molecule has 0 spiro atoms. The summed E-state index contributed by atoms with van der Waals surface area (Å²) in [4.78, 5) is 29.5. The van der Waals surface area contributed by atoms with E-state index in [4.69, 9.17) is 4.74 Å². The Bertz CT molecular complexity index is 1040. The highest BCUT2D eigenvalue weighted by Gasteiger charge is 2.67. The molecule has 2 N–H and O–H groups in total. The standard InChI is InChI=1S/C28H35N3O3/c1-18(2)13-23-25-24-21(17-31(25)16-20-9-11-22(34-3)12-10-20)14-28(23,30-26(24)32)27(33)29-15-19-7-5-4-6-8-19/h4-12,18,21,23-25H,13-17H2,1-3H3,(H,29,33)(H,30,32)/t21?,23?,24?,25?,28-/m0/s1. The van der Waals surface area contributed by atoms with Crippen LogP contribution in [0.1, 0.15) is 37.8 Å². The number of hydrogen-bond acceptors (Lipinski definition) is 4. The Labute approximate surface area is 202 Å². The number of carbonyl (C=O) groups is 2. The Hall–Kier alpha value is -2.86. The molecule has 180 valence electrons. The molecule has 4 aliphatic rings. The SMILES string of the molecule is COc1ccc(CN2CC3C[C@]4(C(=O)NCc5ccccc5)NC(=O)C3C2C4CC(C)C)cc1. The summed E-state index contributed by atoms with van der Waals surface area (Å²) in [5, 5.41) is 6.40. The molecule has 4 unspecified atom stereocenters. The molecule has 3 aliphatic heterocycles. The van der Waals surface area contributed by atoms with Crippen LogP contribution in [0, 0.1) is 23.7 Å². The maximum absolute atomic E-state index is 13.8. The lowest BCUT2D eigenvalue weighted by molar-refractivity contribution is -0.155. The van der Waals surface area contributed by atoms with E-state index < -0.39 is 5.54 Å². The predicted octanol–water partition coefficient (Wildman–Crippen LogP) is 3.36. The molecule has 6 heteroatoms. The summed E-state index contributed by atoms with van der Waals surface area (Å²) in [6.45, 7) is 6.53. The van der Waals surface area contributed by atoms with Crippen LogP contribution in [0.15, 0.2) is 54.6 Å². The van der Waals surface area contributed by atoms with E-state index in [1.165, 1.54) is 5.56 Å². The van der Waals surface area contributed by atoms with Gasteiger partial charge < -0.3 is 15.4 Å². The lowest BCUT2D eigenvalue weighted by Gasteiger charge is -2.55. The van der Waals surface area contributed by atoms with Gasteiger partial charge in [-0.3, -0.25) is 14.5 Å². The van der Waals surface area contributed by atoms with Crippen LogP contribution in [0.5, 0.6) is 5.75 Å². The number of piperidine rings is 2. The number of fused-ring (bicyclic) bond motifs is 1. The van der Waals surface area contributed by atoms with Gasteiger partial charge in [-0.25, -0.2) is 0 Å². The second kappa shape index (κ2) is 9.06. The first-order valence-electron chi connectivity index (χ1n) is 12.4. The van der Waals surface area contributed by atoms with E-state index in [0.717, 1.165) is 37.2 Å². The normalized spacial score (nSPS) is 29.8. The number of hydrogen-bond donors (Lipinski definition) is 2. The van der Waals surface area contributed by atoms with Crippen LogP contribution >= 0.6 is 0 Å². The van der Waals surface area contributed by atoms with E-state index in [1.54, 1.807) is 7.11 Å². The maximum Gasteiger partial charge on any atom is 0.246 e. The van der Waals surface area contributed by atoms with Crippen molar-refractivity contribution in [3.05, 3.63) is 65.7 Å². The van der Waals surface area contributed by atoms with Crippen molar-refractivity contribution in [3.63, 3.8) is 0 Å². The van der Waals surface area contributed by atoms with Gasteiger partial charge >= 0.3 is 0 Å². The molecule has 3 heterocycles. The summed E-state index contributed by atoms with van der Waals surface area (Å²) < 4.78 is 5.31. The minimum Gasteiger partial charge on any atom is -0.497 e. The highest BCUT2D eigenvalue weighted by Crippen LogP contribution is 2.54. The summed E-state index contributed by atoms with van der Waals surface area (Å²) in [5.74, 6) is 1.55. The van der Waals surface area contributed by atoms with Crippen molar-refractivity contribution in [3.8, 4) is 5.75 Å². The number of methoxy groups -OCH3 is 1. The first kappa shape index (κ1) is 22.9. The van der Waals surface area contributed by atoms with Gasteiger partial charge in [-0.1, -0.05) is 56.3 Å². The second-order valence-corrected chi connectivity index (χ2v) is 10.6. The van der Waals surface area contributed by atoms with Gasteiger partial charge in [-0.15, -0.1) is 0 Å². The molecular formula is C28H35N3O3. The molecule has 2 amide bonds. The van der Waals surface area contributed by atoms with E-state index >= 15 is 0 Å². The van der Waals surface area contributed by atoms with Crippen molar-refractivity contribution in [1.29, 1.82) is 0 Å². The van der Waals surface area contributed by atoms with Gasteiger partial charge in [0.25, 0.3) is 0 Å². The molecule has 4 bridgehead atoms. The first-order valence-corrected chi connectivity index (χ1v) is 12.4. The van der Waals surface area contributed by atoms with Crippen LogP contribution in [-0.2, 0) is 22.7 Å². The van der Waals surface area contributed by atoms with Crippen LogP contribution in [0.4, 0.5) is 0 Å². The van der Waals surface area contributed by atoms with E-state index in [9.17, 15) is 9.59 Å². The molecular weight excluding hydrogens is 426 g/mol. The zero-order valence-electron chi connectivity index (χ0n) is 20.3. The molecule has 5 atom stereocenters. The van der Waals surface area contributed by atoms with Crippen LogP contribution < -0.4 is 15.4 Å². The molecule has 6 nitrogen and oxygen atoms in total. The Morgan fingerprint density at radius 3 is 2.56 bits per heavy atom. The molecule has 2 aromatic rings. The molecule has 4 fully saturated rings. The molecule has 3 saturated heterocycles. The van der Waals surface area contributed by atoms with Crippen molar-refractivity contribution in [1.82, 2.24) is 15.5 Å². The number of benzene rings is 2. The minimum absolute atomic E-state index is 0.0326. The van der Waals surface area contributed by atoms with Gasteiger partial charge in [-0.2, -0.15) is 0 Å². The molecule has 2 aromatic carbocycles. The van der Waals surface area contributed by atoms with E-state index in [2.05, 4.69) is 41.5 Å². The Kier molecular flexibility index (Phi) is 6.11. The summed E-state index contributed by atoms with van der Waals surface area (Å²) in [6.07, 6.45) is 1.63. The van der Waals surface area contributed by atoms with Gasteiger partial charge in [0.05, 0.1) is 13.0 Å². The number of amides is 2. The van der Waals surface area contributed by atoms with Crippen molar-refractivity contribution in [2.45, 2.75) is 51.4 Å². The van der Waals surface area contributed by atoms with Crippen molar-refractivity contribution < 1.29 is 14.3 Å². The Balaban J connectivity index is 1.42. The Morgan fingerprint density at radius 1 is 1.15 bits per heavy atom. The van der Waals surface area contributed by atoms with Crippen LogP contribution in [-0.4, -0.2) is 41.9 Å². The number of rotatable bonds is 8. The molecule has 0 aromatic heterocycles. The quantitative estimate of drug-likeness (QED) is 0.633. The lowest BCUT2D eigenvalue weighted by Crippen LogP contribution is -2.75. The predicted molar refractivity (Wildman–Crippen MR) is 131 cm³/mol. The number of ether oxygens (including phenoxy) is 1. The molecule has 0 radical (unpaired) electrons. The highest BCUT2D eigenvalue weighted by atomic mass is 16.5. The van der Waals surface area contributed by atoms with E-state index in [0.29, 0.717) is 12.5 Å². The lowest BCUT2D eigenvalue weighted by atomic mass is 9.57. The molecule has 1 saturated carbocycles. The van der Waals surface area contributed by atoms with Crippen LogP contribution in [0.3, 0.4) is 0 Å². The van der Waals surface area contributed by atoms with Crippen molar-refractivity contribution in [2.24, 2.45) is 23.7 Å². The summed E-state index contributed by atoms with van der Waals surface area (Å²) in [6, 6.07) is 18.2. The third-order valence-electron chi connectivity index (χ3n) is 8.02. The number of carbonyl (C=O) groups excluding carboxylic acids is 2. The molecule has 34 heavy (non-hydrogen) atoms. The molecule has 1 aliphatic carbocycles. The van der Waals surface area contributed by atoms with Gasteiger partial charge in [0.1, 0.15) is 11.3 Å². The molecule has 6 rings (SSSR count). The monoisotopic (exact) mass is 461 g/mol. The van der Waals surface area contributed by atoms with Gasteiger partial charge in [0, 0.05) is 31.6 Å². The minimum atomic E-state index is -0.838. The summed E-state index contributed by atoms with van der Waals surface area (Å²) >= 11 is 0. The fourth-order valence-corrected chi connectivity index (χ4v) is 6.65. The highest BCUT2D eigenvalue weighted by molar-refractivity contribution is 5.96. The van der Waals surface area contributed by atoms with E-state index in [1.807, 2.05) is 42.5 Å². The fraction of sp³-hybridized carbons (Fsp3) is 0.500. The second-order valence-electron chi connectivity index (χ2n) is 10.6. The smallest absolute Gasteiger partial charge is 0.246 e. The number of nitrogens with zero attached hydrogens (tertiary/aromatic N) is 1. The zero-order valence-corrected chi connectivity index (χ0v) is 20.3. The van der Waals surface area contributed by atoms with Crippen molar-refractivity contribution in [2.75, 3.05) is 13.7 Å². The topological polar surface area (TPSA) is 70.7 Å². The Morgan fingerprint density at radius 2 is 1.88 bits per heavy atom. The maximum atomic E-state index is 13.8. The van der Waals surface area contributed by atoms with E-state index in [-0.39, 0.29) is 35.6 Å². The largest absolute Gasteiger partial charge is 0.497 e. The van der Waals surface area contributed by atoms with Gasteiger partial charge in [0.15, 0.2) is 0 Å². The first-order chi connectivity index (χ1) is 16.4. The number of likely N-dealkylation sites (tertiary alicyclic amines) is 1. The van der Waals surface area contributed by atoms with Gasteiger partial charge in [-0.05, 0) is 47.9 Å².